The molecule has 0 heterocycles. The lowest BCUT2D eigenvalue weighted by atomic mass is 10.1. The lowest BCUT2D eigenvalue weighted by molar-refractivity contribution is -0.274. The predicted octanol–water partition coefficient (Wildman–Crippen LogP) is 2.15. The quantitative estimate of drug-likeness (QED) is 0.887. The van der Waals surface area contributed by atoms with Crippen LogP contribution in [-0.4, -0.2) is 31.9 Å². The van der Waals surface area contributed by atoms with E-state index in [4.69, 9.17) is 5.73 Å². The van der Waals surface area contributed by atoms with Crippen molar-refractivity contribution in [2.45, 2.75) is 12.4 Å². The van der Waals surface area contributed by atoms with Crippen LogP contribution in [0, 0.1) is 0 Å². The van der Waals surface area contributed by atoms with Crippen LogP contribution in [0.1, 0.15) is 11.6 Å². The van der Waals surface area contributed by atoms with E-state index in [-0.39, 0.29) is 11.8 Å². The number of halogens is 3. The molecule has 0 aliphatic rings. The fourth-order valence-electron chi connectivity index (χ4n) is 1.42. The summed E-state index contributed by atoms with van der Waals surface area (Å²) in [5.74, 6) is -0.238. The van der Waals surface area contributed by atoms with Crippen molar-refractivity contribution in [2.75, 3.05) is 20.6 Å². The Kier molecular flexibility index (Phi) is 4.36. The number of hydrogen-bond donors (Lipinski definition) is 1. The van der Waals surface area contributed by atoms with Gasteiger partial charge in [-0.2, -0.15) is 0 Å². The molecule has 0 amide bonds. The number of nitrogens with zero attached hydrogens (tertiary/aromatic N) is 1. The SMILES string of the molecule is CN(C)CC(N)c1ccc(OC(F)(F)F)cc1. The van der Waals surface area contributed by atoms with Crippen molar-refractivity contribution in [2.24, 2.45) is 5.73 Å². The van der Waals surface area contributed by atoms with E-state index < -0.39 is 6.36 Å². The molecule has 1 atom stereocenters. The number of benzene rings is 1. The van der Waals surface area contributed by atoms with Gasteiger partial charge in [0.25, 0.3) is 0 Å². The molecular weight excluding hydrogens is 233 g/mol. The van der Waals surface area contributed by atoms with Gasteiger partial charge in [0.05, 0.1) is 0 Å². The van der Waals surface area contributed by atoms with Gasteiger partial charge in [-0.25, -0.2) is 0 Å². The Morgan fingerprint density at radius 3 is 2.18 bits per heavy atom. The molecule has 1 rings (SSSR count). The van der Waals surface area contributed by atoms with Gasteiger partial charge in [0.1, 0.15) is 5.75 Å². The molecule has 2 N–H and O–H groups in total. The van der Waals surface area contributed by atoms with E-state index in [1.165, 1.54) is 24.3 Å². The number of alkyl halides is 3. The first-order valence-corrected chi connectivity index (χ1v) is 5.04. The third-order valence-corrected chi connectivity index (χ3v) is 2.10. The first kappa shape index (κ1) is 13.8. The number of hydrogen-bond acceptors (Lipinski definition) is 3. The summed E-state index contributed by atoms with van der Waals surface area (Å²) in [6.45, 7) is 0.624. The van der Waals surface area contributed by atoms with Gasteiger partial charge < -0.3 is 15.4 Å². The highest BCUT2D eigenvalue weighted by Crippen LogP contribution is 2.23. The van der Waals surface area contributed by atoms with Crippen molar-refractivity contribution < 1.29 is 17.9 Å². The van der Waals surface area contributed by atoms with E-state index in [0.717, 1.165) is 5.56 Å². The first-order valence-electron chi connectivity index (χ1n) is 5.04. The molecule has 1 unspecified atom stereocenters. The Bertz CT molecular complexity index is 349. The minimum absolute atomic E-state index is 0.232. The summed E-state index contributed by atoms with van der Waals surface area (Å²) in [7, 11) is 3.75. The average molecular weight is 248 g/mol. The normalized spacial score (nSPS) is 13.8. The zero-order valence-corrected chi connectivity index (χ0v) is 9.66. The van der Waals surface area contributed by atoms with Crippen LogP contribution in [0.15, 0.2) is 24.3 Å². The predicted molar refractivity (Wildman–Crippen MR) is 58.6 cm³/mol. The molecule has 0 fully saturated rings. The van der Waals surface area contributed by atoms with Crippen molar-refractivity contribution in [3.05, 3.63) is 29.8 Å². The van der Waals surface area contributed by atoms with Gasteiger partial charge in [-0.05, 0) is 31.8 Å². The Morgan fingerprint density at radius 2 is 1.76 bits per heavy atom. The van der Waals surface area contributed by atoms with E-state index in [2.05, 4.69) is 4.74 Å². The summed E-state index contributed by atoms with van der Waals surface area (Å²) in [6.07, 6.45) is -4.66. The number of likely N-dealkylation sites (N-methyl/N-ethyl adjacent to an activating group) is 1. The molecule has 0 aliphatic carbocycles. The fourth-order valence-corrected chi connectivity index (χ4v) is 1.42. The van der Waals surface area contributed by atoms with Crippen LogP contribution in [0.2, 0.25) is 0 Å². The highest BCUT2D eigenvalue weighted by molar-refractivity contribution is 5.29. The fraction of sp³-hybridized carbons (Fsp3) is 0.455. The number of ether oxygens (including phenoxy) is 1. The van der Waals surface area contributed by atoms with Crippen LogP contribution in [0.5, 0.6) is 5.75 Å². The number of nitrogens with two attached hydrogens (primary N) is 1. The van der Waals surface area contributed by atoms with E-state index in [0.29, 0.717) is 6.54 Å². The van der Waals surface area contributed by atoms with Crippen LogP contribution >= 0.6 is 0 Å². The van der Waals surface area contributed by atoms with Crippen molar-refractivity contribution in [1.29, 1.82) is 0 Å². The highest BCUT2D eigenvalue weighted by Gasteiger charge is 2.30. The Balaban J connectivity index is 2.67. The zero-order valence-electron chi connectivity index (χ0n) is 9.66. The van der Waals surface area contributed by atoms with Gasteiger partial charge in [-0.15, -0.1) is 13.2 Å². The Hall–Kier alpha value is -1.27. The van der Waals surface area contributed by atoms with Gasteiger partial charge in [0.15, 0.2) is 0 Å². The van der Waals surface area contributed by atoms with Crippen molar-refractivity contribution in [3.8, 4) is 5.75 Å². The van der Waals surface area contributed by atoms with Crippen molar-refractivity contribution >= 4 is 0 Å². The maximum absolute atomic E-state index is 11.9. The molecule has 1 aromatic carbocycles. The van der Waals surface area contributed by atoms with Gasteiger partial charge in [-0.3, -0.25) is 0 Å². The summed E-state index contributed by atoms with van der Waals surface area (Å²) >= 11 is 0. The molecule has 0 bridgehead atoms. The summed E-state index contributed by atoms with van der Waals surface area (Å²) in [5, 5.41) is 0. The third kappa shape index (κ3) is 5.06. The maximum Gasteiger partial charge on any atom is 0.573 e. The van der Waals surface area contributed by atoms with Gasteiger partial charge in [-0.1, -0.05) is 12.1 Å². The smallest absolute Gasteiger partial charge is 0.406 e. The third-order valence-electron chi connectivity index (χ3n) is 2.10. The van der Waals surface area contributed by atoms with Crippen LogP contribution in [0.25, 0.3) is 0 Å². The second-order valence-corrected chi connectivity index (χ2v) is 3.99. The molecule has 0 aliphatic heterocycles. The molecule has 17 heavy (non-hydrogen) atoms. The van der Waals surface area contributed by atoms with Crippen LogP contribution in [0.4, 0.5) is 13.2 Å². The van der Waals surface area contributed by atoms with Crippen molar-refractivity contribution in [3.63, 3.8) is 0 Å². The minimum Gasteiger partial charge on any atom is -0.406 e. The molecule has 3 nitrogen and oxygen atoms in total. The minimum atomic E-state index is -4.66. The highest BCUT2D eigenvalue weighted by atomic mass is 19.4. The van der Waals surface area contributed by atoms with Crippen molar-refractivity contribution in [1.82, 2.24) is 4.90 Å². The molecule has 0 aromatic heterocycles. The van der Waals surface area contributed by atoms with Crippen LogP contribution in [0.3, 0.4) is 0 Å². The van der Waals surface area contributed by atoms with Crippen LogP contribution < -0.4 is 10.5 Å². The molecule has 0 spiro atoms. The number of rotatable bonds is 4. The van der Waals surface area contributed by atoms with E-state index in [9.17, 15) is 13.2 Å². The molecule has 0 saturated carbocycles. The maximum atomic E-state index is 11.9. The van der Waals surface area contributed by atoms with E-state index in [1.54, 1.807) is 0 Å². The average Bonchev–Trinajstić information content (AvgIpc) is 2.15. The molecular formula is C11H15F3N2O. The standard InChI is InChI=1S/C11H15F3N2O/c1-16(2)7-10(15)8-3-5-9(6-4-8)17-11(12,13)14/h3-6,10H,7,15H2,1-2H3. The van der Waals surface area contributed by atoms with E-state index in [1.807, 2.05) is 19.0 Å². The zero-order chi connectivity index (χ0) is 13.1. The monoisotopic (exact) mass is 248 g/mol. The lowest BCUT2D eigenvalue weighted by Gasteiger charge is -2.17. The van der Waals surface area contributed by atoms with Gasteiger partial charge in [0, 0.05) is 12.6 Å². The summed E-state index contributed by atoms with van der Waals surface area (Å²) < 4.78 is 39.5. The van der Waals surface area contributed by atoms with Crippen LogP contribution in [-0.2, 0) is 0 Å². The Morgan fingerprint density at radius 1 is 1.24 bits per heavy atom. The molecule has 1 aromatic rings. The lowest BCUT2D eigenvalue weighted by Crippen LogP contribution is -2.26. The second kappa shape index (κ2) is 5.37. The summed E-state index contributed by atoms with van der Waals surface area (Å²) in [6, 6.07) is 5.37. The van der Waals surface area contributed by atoms with Gasteiger partial charge >= 0.3 is 6.36 Å². The molecule has 0 radical (unpaired) electrons. The molecule has 96 valence electrons. The second-order valence-electron chi connectivity index (χ2n) is 3.99. The first-order chi connectivity index (χ1) is 7.78. The molecule has 6 heteroatoms. The Labute approximate surface area is 98.0 Å². The molecule has 0 saturated heterocycles. The van der Waals surface area contributed by atoms with Gasteiger partial charge in [0.2, 0.25) is 0 Å². The summed E-state index contributed by atoms with van der Waals surface area (Å²) in [5.41, 5.74) is 6.64. The topological polar surface area (TPSA) is 38.5 Å². The summed E-state index contributed by atoms with van der Waals surface area (Å²) in [4.78, 5) is 1.91. The van der Waals surface area contributed by atoms with E-state index >= 15 is 0 Å². The largest absolute Gasteiger partial charge is 0.573 e.